The smallest absolute Gasteiger partial charge is 0.271 e. The Morgan fingerprint density at radius 1 is 1.16 bits per heavy atom. The monoisotopic (exact) mass is 430 g/mol. The van der Waals surface area contributed by atoms with Gasteiger partial charge in [0, 0.05) is 35.0 Å². The third kappa shape index (κ3) is 4.12. The number of anilines is 1. The first-order valence-corrected chi connectivity index (χ1v) is 9.55. The zero-order valence-corrected chi connectivity index (χ0v) is 16.9. The van der Waals surface area contributed by atoms with Gasteiger partial charge in [-0.2, -0.15) is 4.73 Å². The zero-order valence-electron chi connectivity index (χ0n) is 16.9. The maximum atomic E-state index is 12.2. The number of ether oxygens (including phenoxy) is 1. The van der Waals surface area contributed by atoms with Crippen molar-refractivity contribution in [2.24, 2.45) is 0 Å². The van der Waals surface area contributed by atoms with Gasteiger partial charge in [0.15, 0.2) is 5.82 Å². The summed E-state index contributed by atoms with van der Waals surface area (Å²) in [6.45, 7) is 0. The summed E-state index contributed by atoms with van der Waals surface area (Å²) < 4.78 is 6.07. The van der Waals surface area contributed by atoms with Crippen LogP contribution in [0.2, 0.25) is 0 Å². The van der Waals surface area contributed by atoms with E-state index in [1.807, 2.05) is 24.3 Å². The Morgan fingerprint density at radius 2 is 1.91 bits per heavy atom. The summed E-state index contributed by atoms with van der Waals surface area (Å²) in [6, 6.07) is 18.1. The maximum Gasteiger partial charge on any atom is 0.271 e. The SMILES string of the molecule is COc1ccccc1/C=C\C(=O)Nc1ccc(-c2nc3ccc([N+](=O)[O-])cc3n2O)cc1. The number of nitrogens with zero attached hydrogens (tertiary/aromatic N) is 3. The lowest BCUT2D eigenvalue weighted by molar-refractivity contribution is -0.384. The van der Waals surface area contributed by atoms with Crippen molar-refractivity contribution >= 4 is 34.4 Å². The number of nitro benzene ring substituents is 1. The van der Waals surface area contributed by atoms with Crippen molar-refractivity contribution in [1.29, 1.82) is 0 Å². The fraction of sp³-hybridized carbons (Fsp3) is 0.0435. The first-order valence-electron chi connectivity index (χ1n) is 9.55. The molecule has 0 atom stereocenters. The molecule has 0 unspecified atom stereocenters. The molecule has 4 rings (SSSR count). The van der Waals surface area contributed by atoms with Crippen LogP contribution in [0.1, 0.15) is 5.56 Å². The number of rotatable bonds is 6. The molecule has 0 spiro atoms. The van der Waals surface area contributed by atoms with Crippen LogP contribution in [0.5, 0.6) is 5.75 Å². The van der Waals surface area contributed by atoms with Crippen molar-refractivity contribution in [1.82, 2.24) is 9.71 Å². The van der Waals surface area contributed by atoms with Gasteiger partial charge in [-0.25, -0.2) is 4.98 Å². The van der Waals surface area contributed by atoms with Crippen LogP contribution in [0.15, 0.2) is 72.8 Å². The molecule has 1 aromatic heterocycles. The minimum absolute atomic E-state index is 0.140. The molecule has 1 heterocycles. The molecule has 1 amide bonds. The lowest BCUT2D eigenvalue weighted by Gasteiger charge is -2.05. The lowest BCUT2D eigenvalue weighted by Crippen LogP contribution is -2.07. The number of para-hydroxylation sites is 1. The maximum absolute atomic E-state index is 12.2. The molecule has 0 aliphatic rings. The molecule has 0 saturated heterocycles. The third-order valence-corrected chi connectivity index (χ3v) is 4.79. The van der Waals surface area contributed by atoms with E-state index in [0.29, 0.717) is 22.5 Å². The number of carbonyl (C=O) groups is 1. The Morgan fingerprint density at radius 3 is 2.62 bits per heavy atom. The first-order chi connectivity index (χ1) is 15.5. The van der Waals surface area contributed by atoms with Gasteiger partial charge in [0.2, 0.25) is 5.91 Å². The molecule has 3 aromatic carbocycles. The Hall–Kier alpha value is -4.66. The fourth-order valence-corrected chi connectivity index (χ4v) is 3.21. The molecule has 9 nitrogen and oxygen atoms in total. The van der Waals surface area contributed by atoms with Crippen LogP contribution in [-0.4, -0.2) is 32.9 Å². The molecule has 9 heteroatoms. The number of fused-ring (bicyclic) bond motifs is 1. The fourth-order valence-electron chi connectivity index (χ4n) is 3.21. The summed E-state index contributed by atoms with van der Waals surface area (Å²) in [5, 5.41) is 24.2. The van der Waals surface area contributed by atoms with E-state index in [4.69, 9.17) is 4.74 Å². The van der Waals surface area contributed by atoms with Crippen LogP contribution in [0.3, 0.4) is 0 Å². The number of hydrogen-bond donors (Lipinski definition) is 2. The summed E-state index contributed by atoms with van der Waals surface area (Å²) in [7, 11) is 1.57. The molecule has 4 aromatic rings. The number of carbonyl (C=O) groups excluding carboxylic acids is 1. The van der Waals surface area contributed by atoms with Crippen LogP contribution in [0.4, 0.5) is 11.4 Å². The Balaban J connectivity index is 1.51. The second kappa shape index (κ2) is 8.60. The predicted octanol–water partition coefficient (Wildman–Crippen LogP) is 4.51. The number of methoxy groups -OCH3 is 1. The standard InChI is InChI=1S/C23H18N4O5/c1-32-21-5-3-2-4-15(21)8-13-22(28)24-17-9-6-16(7-10-17)23-25-19-12-11-18(27(30)31)14-20(19)26(23)29/h2-14,29H,1H3,(H,24,28)/b13-8-. The van der Waals surface area contributed by atoms with Crippen LogP contribution in [-0.2, 0) is 4.79 Å². The van der Waals surface area contributed by atoms with Crippen LogP contribution in [0, 0.1) is 10.1 Å². The summed E-state index contributed by atoms with van der Waals surface area (Å²) in [5.74, 6) is 0.581. The number of nitro groups is 1. The molecule has 160 valence electrons. The molecule has 0 aliphatic heterocycles. The van der Waals surface area contributed by atoms with E-state index in [9.17, 15) is 20.1 Å². The quantitative estimate of drug-likeness (QED) is 0.201. The van der Waals surface area contributed by atoms with E-state index in [-0.39, 0.29) is 22.9 Å². The van der Waals surface area contributed by atoms with E-state index in [1.54, 1.807) is 37.5 Å². The minimum Gasteiger partial charge on any atom is -0.496 e. The Bertz CT molecular complexity index is 1340. The van der Waals surface area contributed by atoms with Crippen molar-refractivity contribution < 1.29 is 19.7 Å². The predicted molar refractivity (Wildman–Crippen MR) is 120 cm³/mol. The highest BCUT2D eigenvalue weighted by Crippen LogP contribution is 2.27. The minimum atomic E-state index is -0.536. The number of aromatic nitrogens is 2. The van der Waals surface area contributed by atoms with Gasteiger partial charge in [-0.05, 0) is 42.5 Å². The van der Waals surface area contributed by atoms with Crippen LogP contribution in [0.25, 0.3) is 28.5 Å². The van der Waals surface area contributed by atoms with Gasteiger partial charge >= 0.3 is 0 Å². The first kappa shape index (κ1) is 20.6. The largest absolute Gasteiger partial charge is 0.496 e. The van der Waals surface area contributed by atoms with Gasteiger partial charge in [-0.3, -0.25) is 14.9 Å². The lowest BCUT2D eigenvalue weighted by atomic mass is 10.2. The van der Waals surface area contributed by atoms with Crippen molar-refractivity contribution in [3.8, 4) is 17.1 Å². The topological polar surface area (TPSA) is 120 Å². The van der Waals surface area contributed by atoms with Crippen molar-refractivity contribution in [2.75, 3.05) is 12.4 Å². The average Bonchev–Trinajstić information content (AvgIpc) is 3.14. The van der Waals surface area contributed by atoms with Gasteiger partial charge in [0.25, 0.3) is 5.69 Å². The van der Waals surface area contributed by atoms with E-state index in [0.717, 1.165) is 10.3 Å². The highest BCUT2D eigenvalue weighted by atomic mass is 16.6. The number of hydrogen-bond acceptors (Lipinski definition) is 6. The van der Waals surface area contributed by atoms with E-state index < -0.39 is 4.92 Å². The van der Waals surface area contributed by atoms with Crippen molar-refractivity contribution in [2.45, 2.75) is 0 Å². The summed E-state index contributed by atoms with van der Waals surface area (Å²) >= 11 is 0. The Labute approximate surface area is 182 Å². The summed E-state index contributed by atoms with van der Waals surface area (Å²) in [6.07, 6.45) is 3.07. The van der Waals surface area contributed by atoms with E-state index >= 15 is 0 Å². The molecule has 32 heavy (non-hydrogen) atoms. The van der Waals surface area contributed by atoms with Gasteiger partial charge in [-0.1, -0.05) is 18.2 Å². The number of nitrogens with one attached hydrogen (secondary N) is 1. The number of non-ortho nitro benzene ring substituents is 1. The van der Waals surface area contributed by atoms with Gasteiger partial charge < -0.3 is 15.3 Å². The molecular formula is C23H18N4O5. The van der Waals surface area contributed by atoms with Crippen molar-refractivity contribution in [3.05, 3.63) is 88.5 Å². The molecule has 0 fully saturated rings. The van der Waals surface area contributed by atoms with Gasteiger partial charge in [0.1, 0.15) is 11.3 Å². The average molecular weight is 430 g/mol. The highest BCUT2D eigenvalue weighted by molar-refractivity contribution is 6.02. The molecule has 0 bridgehead atoms. The Kier molecular flexibility index (Phi) is 5.54. The third-order valence-electron chi connectivity index (χ3n) is 4.79. The number of imidazole rings is 1. The number of amides is 1. The van der Waals surface area contributed by atoms with E-state index in [1.165, 1.54) is 24.3 Å². The molecule has 2 N–H and O–H groups in total. The summed E-state index contributed by atoms with van der Waals surface area (Å²) in [5.41, 5.74) is 2.43. The second-order valence-corrected chi connectivity index (χ2v) is 6.82. The van der Waals surface area contributed by atoms with Crippen LogP contribution >= 0.6 is 0 Å². The van der Waals surface area contributed by atoms with Gasteiger partial charge in [-0.15, -0.1) is 0 Å². The zero-order chi connectivity index (χ0) is 22.7. The number of benzene rings is 3. The van der Waals surface area contributed by atoms with E-state index in [2.05, 4.69) is 10.3 Å². The summed E-state index contributed by atoms with van der Waals surface area (Å²) in [4.78, 5) is 27.0. The second-order valence-electron chi connectivity index (χ2n) is 6.82. The molecule has 0 radical (unpaired) electrons. The van der Waals surface area contributed by atoms with Crippen molar-refractivity contribution in [3.63, 3.8) is 0 Å². The molecule has 0 saturated carbocycles. The van der Waals surface area contributed by atoms with Crippen LogP contribution < -0.4 is 10.1 Å². The normalized spacial score (nSPS) is 11.0. The van der Waals surface area contributed by atoms with Gasteiger partial charge in [0.05, 0.1) is 17.5 Å². The molecular weight excluding hydrogens is 412 g/mol. The highest BCUT2D eigenvalue weighted by Gasteiger charge is 2.15. The molecule has 0 aliphatic carbocycles.